The molecule has 3 nitrogen and oxygen atoms in total. The van der Waals surface area contributed by atoms with Crippen LogP contribution in [0.25, 0.3) is 10.6 Å². The van der Waals surface area contributed by atoms with E-state index in [2.05, 4.69) is 17.3 Å². The molecule has 1 amide bonds. The van der Waals surface area contributed by atoms with Crippen molar-refractivity contribution < 1.29 is 4.79 Å². The molecule has 0 aliphatic rings. The monoisotopic (exact) mass is 246 g/mol. The Labute approximate surface area is 104 Å². The van der Waals surface area contributed by atoms with Gasteiger partial charge in [0.05, 0.1) is 5.69 Å². The summed E-state index contributed by atoms with van der Waals surface area (Å²) in [4.78, 5) is 15.6. The third-order valence-electron chi connectivity index (χ3n) is 2.45. The molecular formula is C13H14N2OS. The van der Waals surface area contributed by atoms with Crippen molar-refractivity contribution in [1.82, 2.24) is 4.98 Å². The predicted molar refractivity (Wildman–Crippen MR) is 70.1 cm³/mol. The average Bonchev–Trinajstić information content (AvgIpc) is 2.78. The number of nitrogens with zero attached hydrogens (tertiary/aromatic N) is 1. The summed E-state index contributed by atoms with van der Waals surface area (Å²) in [5.41, 5.74) is 7.84. The first kappa shape index (κ1) is 11.8. The van der Waals surface area contributed by atoms with E-state index in [0.29, 0.717) is 5.56 Å². The topological polar surface area (TPSA) is 56.0 Å². The highest BCUT2D eigenvalue weighted by atomic mass is 32.1. The Morgan fingerprint density at radius 1 is 1.47 bits per heavy atom. The average molecular weight is 246 g/mol. The lowest BCUT2D eigenvalue weighted by atomic mass is 10.1. The molecule has 0 saturated carbocycles. The molecule has 0 fully saturated rings. The maximum Gasteiger partial charge on any atom is 0.248 e. The van der Waals surface area contributed by atoms with E-state index in [1.807, 2.05) is 12.1 Å². The molecule has 0 saturated heterocycles. The number of amides is 1. The normalized spacial score (nSPS) is 10.4. The van der Waals surface area contributed by atoms with Crippen molar-refractivity contribution in [2.45, 2.75) is 19.8 Å². The third-order valence-corrected chi connectivity index (χ3v) is 3.39. The summed E-state index contributed by atoms with van der Waals surface area (Å²) >= 11 is 1.60. The number of thiazole rings is 1. The predicted octanol–water partition coefficient (Wildman–Crippen LogP) is 2.86. The molecular weight excluding hydrogens is 232 g/mol. The highest BCUT2D eigenvalue weighted by Crippen LogP contribution is 2.24. The van der Waals surface area contributed by atoms with Crippen LogP contribution in [0.1, 0.15) is 29.4 Å². The maximum absolute atomic E-state index is 11.1. The van der Waals surface area contributed by atoms with Crippen molar-refractivity contribution in [3.05, 3.63) is 40.9 Å². The van der Waals surface area contributed by atoms with Crippen LogP contribution in [0.2, 0.25) is 0 Å². The maximum atomic E-state index is 11.1. The van der Waals surface area contributed by atoms with Crippen LogP contribution in [0.3, 0.4) is 0 Å². The fraction of sp³-hybridized carbons (Fsp3) is 0.231. The summed E-state index contributed by atoms with van der Waals surface area (Å²) < 4.78 is 0. The van der Waals surface area contributed by atoms with E-state index < -0.39 is 5.91 Å². The molecule has 0 bridgehead atoms. The molecule has 1 aromatic heterocycles. The molecule has 2 rings (SSSR count). The number of nitrogens with two attached hydrogens (primary N) is 1. The highest BCUT2D eigenvalue weighted by Gasteiger charge is 2.06. The number of hydrogen-bond donors (Lipinski definition) is 1. The van der Waals surface area contributed by atoms with E-state index in [1.165, 1.54) is 0 Å². The molecule has 0 spiro atoms. The van der Waals surface area contributed by atoms with E-state index in [1.54, 1.807) is 23.5 Å². The van der Waals surface area contributed by atoms with Gasteiger partial charge in [0.2, 0.25) is 5.91 Å². The van der Waals surface area contributed by atoms with E-state index in [-0.39, 0.29) is 0 Å². The van der Waals surface area contributed by atoms with Crippen molar-refractivity contribution in [3.8, 4) is 10.6 Å². The fourth-order valence-electron chi connectivity index (χ4n) is 1.62. The zero-order chi connectivity index (χ0) is 12.3. The number of rotatable bonds is 4. The third kappa shape index (κ3) is 2.71. The number of primary amides is 1. The van der Waals surface area contributed by atoms with Crippen LogP contribution in [-0.4, -0.2) is 10.9 Å². The molecule has 1 aromatic carbocycles. The van der Waals surface area contributed by atoms with Crippen molar-refractivity contribution in [1.29, 1.82) is 0 Å². The number of benzene rings is 1. The van der Waals surface area contributed by atoms with Gasteiger partial charge in [-0.2, -0.15) is 0 Å². The summed E-state index contributed by atoms with van der Waals surface area (Å²) in [5.74, 6) is -0.405. The van der Waals surface area contributed by atoms with Crippen molar-refractivity contribution in [3.63, 3.8) is 0 Å². The van der Waals surface area contributed by atoms with Crippen molar-refractivity contribution in [2.24, 2.45) is 5.73 Å². The Morgan fingerprint density at radius 2 is 2.29 bits per heavy atom. The van der Waals surface area contributed by atoms with Crippen LogP contribution in [0, 0.1) is 0 Å². The van der Waals surface area contributed by atoms with Crippen LogP contribution in [0.5, 0.6) is 0 Å². The molecule has 4 heteroatoms. The van der Waals surface area contributed by atoms with Gasteiger partial charge in [0.15, 0.2) is 0 Å². The minimum Gasteiger partial charge on any atom is -0.366 e. The van der Waals surface area contributed by atoms with Crippen LogP contribution < -0.4 is 5.73 Å². The lowest BCUT2D eigenvalue weighted by Gasteiger charge is -1.99. The summed E-state index contributed by atoms with van der Waals surface area (Å²) in [6.45, 7) is 2.13. The van der Waals surface area contributed by atoms with E-state index in [4.69, 9.17) is 5.73 Å². The van der Waals surface area contributed by atoms with Gasteiger partial charge in [-0.15, -0.1) is 11.3 Å². The molecule has 0 aliphatic carbocycles. The van der Waals surface area contributed by atoms with Gasteiger partial charge in [-0.25, -0.2) is 4.98 Å². The van der Waals surface area contributed by atoms with Gasteiger partial charge in [-0.1, -0.05) is 25.5 Å². The lowest BCUT2D eigenvalue weighted by molar-refractivity contribution is 0.100. The molecule has 2 aromatic rings. The Balaban J connectivity index is 2.32. The van der Waals surface area contributed by atoms with E-state index in [0.717, 1.165) is 29.1 Å². The van der Waals surface area contributed by atoms with Crippen LogP contribution in [-0.2, 0) is 6.42 Å². The fourth-order valence-corrected chi connectivity index (χ4v) is 2.47. The number of hydrogen-bond acceptors (Lipinski definition) is 3. The van der Waals surface area contributed by atoms with Gasteiger partial charge < -0.3 is 5.73 Å². The summed E-state index contributed by atoms with van der Waals surface area (Å²) in [6.07, 6.45) is 2.08. The summed E-state index contributed by atoms with van der Waals surface area (Å²) in [6, 6.07) is 7.28. The van der Waals surface area contributed by atoms with Gasteiger partial charge in [-0.05, 0) is 18.6 Å². The first-order valence-corrected chi connectivity index (χ1v) is 6.43. The molecule has 1 heterocycles. The zero-order valence-corrected chi connectivity index (χ0v) is 10.5. The molecule has 0 aliphatic heterocycles. The Bertz CT molecular complexity index is 534. The second-order valence-corrected chi connectivity index (χ2v) is 4.70. The molecule has 88 valence electrons. The molecule has 0 radical (unpaired) electrons. The highest BCUT2D eigenvalue weighted by molar-refractivity contribution is 7.13. The molecule has 0 atom stereocenters. The molecule has 2 N–H and O–H groups in total. The Morgan fingerprint density at radius 3 is 3.00 bits per heavy atom. The SMILES string of the molecule is CCCc1csc(-c2cccc(C(N)=O)c2)n1. The first-order valence-electron chi connectivity index (χ1n) is 5.55. The number of carbonyl (C=O) groups excluding carboxylic acids is 1. The van der Waals surface area contributed by atoms with Crippen LogP contribution in [0.15, 0.2) is 29.6 Å². The number of carbonyl (C=O) groups is 1. The Kier molecular flexibility index (Phi) is 3.54. The van der Waals surface area contributed by atoms with E-state index >= 15 is 0 Å². The molecule has 17 heavy (non-hydrogen) atoms. The smallest absolute Gasteiger partial charge is 0.248 e. The van der Waals surface area contributed by atoms with Gasteiger partial charge in [0.1, 0.15) is 5.01 Å². The summed E-state index contributed by atoms with van der Waals surface area (Å²) in [5, 5.41) is 3.01. The first-order chi connectivity index (χ1) is 8.20. The van der Waals surface area contributed by atoms with Crippen molar-refractivity contribution >= 4 is 17.2 Å². The summed E-state index contributed by atoms with van der Waals surface area (Å²) in [7, 11) is 0. The van der Waals surface area contributed by atoms with Gasteiger partial charge in [0, 0.05) is 16.5 Å². The minimum atomic E-state index is -0.405. The van der Waals surface area contributed by atoms with Gasteiger partial charge in [0.25, 0.3) is 0 Å². The van der Waals surface area contributed by atoms with E-state index in [9.17, 15) is 4.79 Å². The molecule has 0 unspecified atom stereocenters. The second kappa shape index (κ2) is 5.10. The lowest BCUT2D eigenvalue weighted by Crippen LogP contribution is -2.10. The van der Waals surface area contributed by atoms with Crippen LogP contribution in [0.4, 0.5) is 0 Å². The quantitative estimate of drug-likeness (QED) is 0.901. The second-order valence-electron chi connectivity index (χ2n) is 3.84. The van der Waals surface area contributed by atoms with Crippen molar-refractivity contribution in [2.75, 3.05) is 0 Å². The standard InChI is InChI=1S/C13H14N2OS/c1-2-4-11-8-17-13(15-11)10-6-3-5-9(7-10)12(14)16/h3,5-8H,2,4H2,1H3,(H2,14,16). The zero-order valence-electron chi connectivity index (χ0n) is 9.64. The Hall–Kier alpha value is -1.68. The van der Waals surface area contributed by atoms with Gasteiger partial charge in [-0.3, -0.25) is 4.79 Å². The van der Waals surface area contributed by atoms with Gasteiger partial charge >= 0.3 is 0 Å². The largest absolute Gasteiger partial charge is 0.366 e. The van der Waals surface area contributed by atoms with Crippen LogP contribution >= 0.6 is 11.3 Å². The number of aryl methyl sites for hydroxylation is 1. The minimum absolute atomic E-state index is 0.405. The number of aromatic nitrogens is 1.